The van der Waals surface area contributed by atoms with Crippen LogP contribution in [0.3, 0.4) is 0 Å². The maximum atomic E-state index is 11.0. The maximum absolute atomic E-state index is 11.0. The number of nitro benzene ring substituents is 1. The number of nitrogens with one attached hydrogen (secondary N) is 1. The van der Waals surface area contributed by atoms with Crippen LogP contribution < -0.4 is 5.32 Å². The first-order valence-corrected chi connectivity index (χ1v) is 6.00. The number of halogens is 1. The Hall–Kier alpha value is -1.92. The summed E-state index contributed by atoms with van der Waals surface area (Å²) in [6.07, 6.45) is 1.64. The van der Waals surface area contributed by atoms with Crippen molar-refractivity contribution in [3.63, 3.8) is 0 Å². The number of pyridine rings is 1. The zero-order valence-corrected chi connectivity index (χ0v) is 12.2. The number of likely N-dealkylation sites (N-methyl/N-ethyl adjacent to an activating group) is 1. The zero-order chi connectivity index (χ0) is 13.8. The van der Waals surface area contributed by atoms with E-state index >= 15 is 0 Å². The summed E-state index contributed by atoms with van der Waals surface area (Å²) >= 11 is 0. The summed E-state index contributed by atoms with van der Waals surface area (Å²) in [4.78, 5) is 16.9. The molecule has 2 aromatic rings. The third-order valence-corrected chi connectivity index (χ3v) is 2.82. The van der Waals surface area contributed by atoms with Gasteiger partial charge in [-0.1, -0.05) is 0 Å². The molecule has 0 saturated carbocycles. The number of fused-ring (bicyclic) bond motifs is 1. The number of non-ortho nitro benzene ring substituents is 1. The van der Waals surface area contributed by atoms with E-state index in [-0.39, 0.29) is 23.0 Å². The van der Waals surface area contributed by atoms with Crippen LogP contribution in [0.15, 0.2) is 30.5 Å². The second-order valence-electron chi connectivity index (χ2n) is 4.52. The van der Waals surface area contributed by atoms with E-state index < -0.39 is 0 Å². The molecule has 1 aromatic carbocycles. The van der Waals surface area contributed by atoms with Gasteiger partial charge in [0.1, 0.15) is 5.52 Å². The zero-order valence-electron chi connectivity index (χ0n) is 11.4. The van der Waals surface area contributed by atoms with Crippen molar-refractivity contribution in [2.75, 3.05) is 32.5 Å². The minimum absolute atomic E-state index is 0. The number of hydrogen-bond donors (Lipinski definition) is 1. The molecular formula is C13H17ClN4O2. The van der Waals surface area contributed by atoms with Crippen molar-refractivity contribution in [1.29, 1.82) is 0 Å². The summed E-state index contributed by atoms with van der Waals surface area (Å²) in [5, 5.41) is 14.8. The first-order chi connectivity index (χ1) is 9.09. The highest BCUT2D eigenvalue weighted by Crippen LogP contribution is 2.29. The molecule has 0 aliphatic rings. The average molecular weight is 297 g/mol. The van der Waals surface area contributed by atoms with Crippen LogP contribution in [0, 0.1) is 10.1 Å². The van der Waals surface area contributed by atoms with Crippen LogP contribution in [0.5, 0.6) is 0 Å². The van der Waals surface area contributed by atoms with Gasteiger partial charge < -0.3 is 10.2 Å². The molecule has 0 spiro atoms. The minimum Gasteiger partial charge on any atom is -0.382 e. The first kappa shape index (κ1) is 16.1. The molecule has 0 aliphatic carbocycles. The maximum Gasteiger partial charge on any atom is 0.278 e. The molecule has 0 saturated heterocycles. The number of rotatable bonds is 5. The fraction of sp³-hybridized carbons (Fsp3) is 0.308. The molecule has 108 valence electrons. The van der Waals surface area contributed by atoms with Gasteiger partial charge in [-0.2, -0.15) is 0 Å². The molecule has 0 radical (unpaired) electrons. The molecule has 0 atom stereocenters. The quantitative estimate of drug-likeness (QED) is 0.678. The van der Waals surface area contributed by atoms with E-state index in [1.54, 1.807) is 24.4 Å². The predicted molar refractivity (Wildman–Crippen MR) is 82.7 cm³/mol. The Morgan fingerprint density at radius 3 is 2.75 bits per heavy atom. The van der Waals surface area contributed by atoms with E-state index in [0.717, 1.165) is 18.8 Å². The van der Waals surface area contributed by atoms with Gasteiger partial charge in [0.25, 0.3) is 5.69 Å². The fourth-order valence-corrected chi connectivity index (χ4v) is 1.87. The van der Waals surface area contributed by atoms with Crippen LogP contribution in [0.25, 0.3) is 10.9 Å². The summed E-state index contributed by atoms with van der Waals surface area (Å²) in [6.45, 7) is 1.64. The molecule has 20 heavy (non-hydrogen) atoms. The second-order valence-corrected chi connectivity index (χ2v) is 4.52. The highest BCUT2D eigenvalue weighted by Gasteiger charge is 2.14. The van der Waals surface area contributed by atoms with Gasteiger partial charge in [-0.25, -0.2) is 0 Å². The Labute approximate surface area is 123 Å². The molecule has 1 heterocycles. The van der Waals surface area contributed by atoms with Crippen LogP contribution in [0.2, 0.25) is 0 Å². The number of hydrogen-bond acceptors (Lipinski definition) is 5. The van der Waals surface area contributed by atoms with Gasteiger partial charge in [-0.3, -0.25) is 15.1 Å². The van der Waals surface area contributed by atoms with Crippen molar-refractivity contribution >= 4 is 34.7 Å². The Balaban J connectivity index is 0.00000200. The normalized spacial score (nSPS) is 10.3. The number of aromatic nitrogens is 1. The van der Waals surface area contributed by atoms with Crippen LogP contribution in [0.4, 0.5) is 11.4 Å². The first-order valence-electron chi connectivity index (χ1n) is 6.00. The largest absolute Gasteiger partial charge is 0.382 e. The van der Waals surface area contributed by atoms with E-state index in [4.69, 9.17) is 0 Å². The van der Waals surface area contributed by atoms with Gasteiger partial charge in [-0.15, -0.1) is 12.4 Å². The summed E-state index contributed by atoms with van der Waals surface area (Å²) in [5.74, 6) is 0. The Bertz CT molecular complexity index is 604. The Morgan fingerprint density at radius 2 is 2.10 bits per heavy atom. The molecule has 2 rings (SSSR count). The van der Waals surface area contributed by atoms with Gasteiger partial charge in [0, 0.05) is 25.4 Å². The van der Waals surface area contributed by atoms with E-state index in [2.05, 4.69) is 15.2 Å². The third kappa shape index (κ3) is 3.55. The van der Waals surface area contributed by atoms with E-state index in [1.165, 1.54) is 6.07 Å². The summed E-state index contributed by atoms with van der Waals surface area (Å²) < 4.78 is 0. The lowest BCUT2D eigenvalue weighted by Crippen LogP contribution is -2.20. The average Bonchev–Trinajstić information content (AvgIpc) is 2.38. The molecule has 0 unspecified atom stereocenters. The lowest BCUT2D eigenvalue weighted by atomic mass is 10.1. The lowest BCUT2D eigenvalue weighted by molar-refractivity contribution is -0.383. The van der Waals surface area contributed by atoms with Gasteiger partial charge >= 0.3 is 0 Å². The number of nitro groups is 1. The molecule has 1 N–H and O–H groups in total. The van der Waals surface area contributed by atoms with Crippen LogP contribution >= 0.6 is 12.4 Å². The predicted octanol–water partition coefficient (Wildman–Crippen LogP) is 2.54. The van der Waals surface area contributed by atoms with Crippen LogP contribution in [-0.4, -0.2) is 42.0 Å². The van der Waals surface area contributed by atoms with Crippen molar-refractivity contribution in [2.45, 2.75) is 0 Å². The van der Waals surface area contributed by atoms with E-state index in [0.29, 0.717) is 10.9 Å². The topological polar surface area (TPSA) is 71.3 Å². The molecule has 0 bridgehead atoms. The SMILES string of the molecule is CN(C)CCNc1ccc([N+](=O)[O-])c2cccnc12.Cl. The fourth-order valence-electron chi connectivity index (χ4n) is 1.87. The molecule has 0 amide bonds. The molecule has 1 aromatic heterocycles. The molecule has 0 aliphatic heterocycles. The van der Waals surface area contributed by atoms with Crippen molar-refractivity contribution in [3.05, 3.63) is 40.6 Å². The second kappa shape index (κ2) is 7.02. The smallest absolute Gasteiger partial charge is 0.278 e. The minimum atomic E-state index is -0.381. The van der Waals surface area contributed by atoms with Crippen LogP contribution in [0.1, 0.15) is 0 Å². The Morgan fingerprint density at radius 1 is 1.35 bits per heavy atom. The number of benzene rings is 1. The highest BCUT2D eigenvalue weighted by atomic mass is 35.5. The third-order valence-electron chi connectivity index (χ3n) is 2.82. The van der Waals surface area contributed by atoms with Crippen LogP contribution in [-0.2, 0) is 0 Å². The molecule has 0 fully saturated rings. The van der Waals surface area contributed by atoms with Gasteiger partial charge in [0.2, 0.25) is 0 Å². The molecule has 6 nitrogen and oxygen atoms in total. The number of anilines is 1. The lowest BCUT2D eigenvalue weighted by Gasteiger charge is -2.12. The molecular weight excluding hydrogens is 280 g/mol. The van der Waals surface area contributed by atoms with E-state index in [9.17, 15) is 10.1 Å². The monoisotopic (exact) mass is 296 g/mol. The van der Waals surface area contributed by atoms with Crippen molar-refractivity contribution in [3.8, 4) is 0 Å². The Kier molecular flexibility index (Phi) is 5.66. The van der Waals surface area contributed by atoms with Crippen molar-refractivity contribution in [2.24, 2.45) is 0 Å². The summed E-state index contributed by atoms with van der Waals surface area (Å²) in [5.41, 5.74) is 1.54. The number of nitrogens with zero attached hydrogens (tertiary/aromatic N) is 3. The standard InChI is InChI=1S/C13H16N4O2.ClH/c1-16(2)9-8-14-11-5-6-12(17(18)19)10-4-3-7-15-13(10)11;/h3-7,14H,8-9H2,1-2H3;1H. The highest BCUT2D eigenvalue weighted by molar-refractivity contribution is 5.96. The van der Waals surface area contributed by atoms with Gasteiger partial charge in [0.05, 0.1) is 16.0 Å². The van der Waals surface area contributed by atoms with Gasteiger partial charge in [0.15, 0.2) is 0 Å². The van der Waals surface area contributed by atoms with Gasteiger partial charge in [-0.05, 0) is 32.3 Å². The summed E-state index contributed by atoms with van der Waals surface area (Å²) in [6, 6.07) is 6.65. The summed E-state index contributed by atoms with van der Waals surface area (Å²) in [7, 11) is 3.99. The van der Waals surface area contributed by atoms with Crippen molar-refractivity contribution in [1.82, 2.24) is 9.88 Å². The van der Waals surface area contributed by atoms with E-state index in [1.807, 2.05) is 14.1 Å². The molecule has 7 heteroatoms. The van der Waals surface area contributed by atoms with Crippen molar-refractivity contribution < 1.29 is 4.92 Å².